The maximum absolute atomic E-state index is 10.8. The number of aliphatic carboxylic acids is 1. The second-order valence-corrected chi connectivity index (χ2v) is 6.83. The topological polar surface area (TPSA) is 107 Å². The molecule has 0 bridgehead atoms. The molecule has 0 spiro atoms. The lowest BCUT2D eigenvalue weighted by Crippen LogP contribution is -2.33. The van der Waals surface area contributed by atoms with Crippen LogP contribution in [0.3, 0.4) is 0 Å². The molecule has 8 heteroatoms. The van der Waals surface area contributed by atoms with Crippen LogP contribution < -0.4 is 0 Å². The standard InChI is InChI=1S/C12H20N2O5S/c1-9-12(3,6-4-8-20(17,18)19)10(2)14(13-9)7-5-11(15)16/h4-8H2,1-3H3,(H-,15,16,17,18,19)/p+1. The summed E-state index contributed by atoms with van der Waals surface area (Å²) in [5.41, 5.74) is 1.35. The molecule has 0 aromatic rings. The Balaban J connectivity index is 2.78. The SMILES string of the molecule is CC1=N[N+](CCC(=O)O)=C(C)C1(C)CCCS(=O)(=O)O. The van der Waals surface area contributed by atoms with Crippen LogP contribution in [-0.2, 0) is 14.9 Å². The van der Waals surface area contributed by atoms with Crippen molar-refractivity contribution in [1.29, 1.82) is 0 Å². The molecular formula is C12H21N2O5S+. The molecule has 2 N–H and O–H groups in total. The highest BCUT2D eigenvalue weighted by atomic mass is 32.2. The number of hydrogen-bond donors (Lipinski definition) is 2. The average Bonchev–Trinajstić information content (AvgIpc) is 2.50. The molecule has 1 atom stereocenters. The van der Waals surface area contributed by atoms with Crippen molar-refractivity contribution in [3.63, 3.8) is 0 Å². The van der Waals surface area contributed by atoms with E-state index in [0.717, 1.165) is 11.4 Å². The van der Waals surface area contributed by atoms with Crippen molar-refractivity contribution in [2.45, 2.75) is 40.0 Å². The van der Waals surface area contributed by atoms with Gasteiger partial charge >= 0.3 is 5.97 Å². The predicted molar refractivity (Wildman–Crippen MR) is 74.9 cm³/mol. The van der Waals surface area contributed by atoms with E-state index in [1.54, 1.807) is 4.68 Å². The quantitative estimate of drug-likeness (QED) is 0.539. The first kappa shape index (κ1) is 16.8. The fraction of sp³-hybridized carbons (Fsp3) is 0.750. The molecular weight excluding hydrogens is 284 g/mol. The monoisotopic (exact) mass is 305 g/mol. The Morgan fingerprint density at radius 1 is 1.40 bits per heavy atom. The number of carboxylic acids is 1. The summed E-state index contributed by atoms with van der Waals surface area (Å²) in [4.78, 5) is 10.6. The Morgan fingerprint density at radius 3 is 2.50 bits per heavy atom. The van der Waals surface area contributed by atoms with Gasteiger partial charge in [0.1, 0.15) is 6.42 Å². The van der Waals surface area contributed by atoms with Crippen LogP contribution in [-0.4, -0.2) is 52.5 Å². The van der Waals surface area contributed by atoms with Gasteiger partial charge in [-0.2, -0.15) is 8.42 Å². The molecule has 1 aliphatic heterocycles. The number of hydrogen-bond acceptors (Lipinski definition) is 4. The maximum atomic E-state index is 10.8. The van der Waals surface area contributed by atoms with Gasteiger partial charge in [0, 0.05) is 6.92 Å². The van der Waals surface area contributed by atoms with Crippen LogP contribution >= 0.6 is 0 Å². The van der Waals surface area contributed by atoms with E-state index >= 15 is 0 Å². The lowest BCUT2D eigenvalue weighted by molar-refractivity contribution is -0.531. The molecule has 1 aliphatic rings. The van der Waals surface area contributed by atoms with Crippen LogP contribution in [0, 0.1) is 5.41 Å². The molecule has 0 saturated heterocycles. The zero-order valence-corrected chi connectivity index (χ0v) is 12.8. The highest BCUT2D eigenvalue weighted by Gasteiger charge is 2.43. The summed E-state index contributed by atoms with van der Waals surface area (Å²) >= 11 is 0. The minimum atomic E-state index is -3.95. The van der Waals surface area contributed by atoms with Crippen molar-refractivity contribution in [2.75, 3.05) is 12.3 Å². The van der Waals surface area contributed by atoms with Crippen molar-refractivity contribution in [3.8, 4) is 0 Å². The van der Waals surface area contributed by atoms with Gasteiger partial charge in [0.25, 0.3) is 10.1 Å². The van der Waals surface area contributed by atoms with E-state index in [2.05, 4.69) is 5.10 Å². The van der Waals surface area contributed by atoms with Crippen LogP contribution in [0.4, 0.5) is 0 Å². The number of hydrazone groups is 1. The van der Waals surface area contributed by atoms with Crippen molar-refractivity contribution < 1.29 is 27.6 Å². The summed E-state index contributed by atoms with van der Waals surface area (Å²) in [6, 6.07) is 0. The van der Waals surface area contributed by atoms with Gasteiger partial charge in [-0.25, -0.2) is 0 Å². The summed E-state index contributed by atoms with van der Waals surface area (Å²) in [5.74, 6) is -1.16. The largest absolute Gasteiger partial charge is 0.481 e. The van der Waals surface area contributed by atoms with Gasteiger partial charge in [-0.3, -0.25) is 9.35 Å². The minimum absolute atomic E-state index is 0.00474. The van der Waals surface area contributed by atoms with Crippen LogP contribution in [0.15, 0.2) is 5.10 Å². The third kappa shape index (κ3) is 4.11. The lowest BCUT2D eigenvalue weighted by Gasteiger charge is -2.20. The van der Waals surface area contributed by atoms with Gasteiger partial charge in [0.05, 0.1) is 16.9 Å². The fourth-order valence-corrected chi connectivity index (χ4v) is 2.81. The van der Waals surface area contributed by atoms with Gasteiger partial charge in [0.15, 0.2) is 12.3 Å². The number of carboxylic acid groups (broad SMARTS) is 1. The fourth-order valence-electron chi connectivity index (χ4n) is 2.30. The molecule has 0 amide bonds. The predicted octanol–water partition coefficient (Wildman–Crippen LogP) is 0.998. The van der Waals surface area contributed by atoms with E-state index in [-0.39, 0.29) is 17.6 Å². The summed E-state index contributed by atoms with van der Waals surface area (Å²) in [5, 5.41) is 13.1. The molecule has 1 rings (SSSR count). The Labute approximate surface area is 118 Å². The third-order valence-electron chi connectivity index (χ3n) is 3.87. The smallest absolute Gasteiger partial charge is 0.309 e. The molecule has 1 unspecified atom stereocenters. The third-order valence-corrected chi connectivity index (χ3v) is 4.68. The molecule has 1 heterocycles. The molecule has 0 radical (unpaired) electrons. The summed E-state index contributed by atoms with van der Waals surface area (Å²) in [7, 11) is -3.95. The van der Waals surface area contributed by atoms with Crippen molar-refractivity contribution >= 4 is 27.5 Å². The number of rotatable bonds is 7. The van der Waals surface area contributed by atoms with E-state index in [1.807, 2.05) is 20.8 Å². The van der Waals surface area contributed by atoms with Crippen molar-refractivity contribution in [1.82, 2.24) is 0 Å². The van der Waals surface area contributed by atoms with Crippen LogP contribution in [0.5, 0.6) is 0 Å². The van der Waals surface area contributed by atoms with Gasteiger partial charge in [-0.05, 0) is 31.8 Å². The first-order valence-electron chi connectivity index (χ1n) is 6.40. The Bertz CT molecular complexity index is 564. The second-order valence-electron chi connectivity index (χ2n) is 5.26. The second kappa shape index (κ2) is 6.01. The van der Waals surface area contributed by atoms with Crippen LogP contribution in [0.2, 0.25) is 0 Å². The summed E-state index contributed by atoms with van der Waals surface area (Å²) in [6.45, 7) is 5.96. The van der Waals surface area contributed by atoms with Gasteiger partial charge in [-0.1, -0.05) is 4.68 Å². The highest BCUT2D eigenvalue weighted by molar-refractivity contribution is 7.85. The molecule has 114 valence electrons. The van der Waals surface area contributed by atoms with Gasteiger partial charge < -0.3 is 5.11 Å². The zero-order valence-electron chi connectivity index (χ0n) is 12.0. The summed E-state index contributed by atoms with van der Waals surface area (Å²) < 4.78 is 31.9. The normalized spacial score (nSPS) is 23.1. The number of nitrogens with zero attached hydrogens (tertiary/aromatic N) is 2. The van der Waals surface area contributed by atoms with E-state index in [0.29, 0.717) is 19.4 Å². The molecule has 0 aromatic carbocycles. The average molecular weight is 305 g/mol. The number of carbonyl (C=O) groups is 1. The summed E-state index contributed by atoms with van der Waals surface area (Å²) in [6.07, 6.45) is 0.860. The van der Waals surface area contributed by atoms with Crippen LogP contribution in [0.25, 0.3) is 0 Å². The zero-order chi connectivity index (χ0) is 15.6. The molecule has 7 nitrogen and oxygen atoms in total. The van der Waals surface area contributed by atoms with E-state index < -0.39 is 16.1 Å². The molecule has 0 saturated carbocycles. The molecule has 0 aromatic heterocycles. The van der Waals surface area contributed by atoms with Crippen molar-refractivity contribution in [2.24, 2.45) is 10.5 Å². The Morgan fingerprint density at radius 2 is 2.00 bits per heavy atom. The molecule has 0 fully saturated rings. The minimum Gasteiger partial charge on any atom is -0.481 e. The van der Waals surface area contributed by atoms with E-state index in [1.165, 1.54) is 0 Å². The highest BCUT2D eigenvalue weighted by Crippen LogP contribution is 2.31. The van der Waals surface area contributed by atoms with E-state index in [4.69, 9.17) is 9.66 Å². The van der Waals surface area contributed by atoms with Crippen molar-refractivity contribution in [3.05, 3.63) is 0 Å². The van der Waals surface area contributed by atoms with E-state index in [9.17, 15) is 13.2 Å². The maximum Gasteiger partial charge on any atom is 0.309 e. The van der Waals surface area contributed by atoms with Gasteiger partial charge in [-0.15, -0.1) is 0 Å². The molecule has 0 aliphatic carbocycles. The Hall–Kier alpha value is -1.28. The first-order chi connectivity index (χ1) is 9.06. The molecule has 20 heavy (non-hydrogen) atoms. The van der Waals surface area contributed by atoms with Gasteiger partial charge in [0.2, 0.25) is 0 Å². The van der Waals surface area contributed by atoms with Crippen LogP contribution in [0.1, 0.15) is 40.0 Å². The Kier molecular flexibility index (Phi) is 5.04. The first-order valence-corrected chi connectivity index (χ1v) is 8.01. The lowest BCUT2D eigenvalue weighted by atomic mass is 9.78.